The van der Waals surface area contributed by atoms with Crippen molar-refractivity contribution in [1.82, 2.24) is 14.6 Å². The first kappa shape index (κ1) is 32.4. The van der Waals surface area contributed by atoms with Crippen molar-refractivity contribution in [3.63, 3.8) is 0 Å². The van der Waals surface area contributed by atoms with E-state index in [2.05, 4.69) is 10.1 Å². The van der Waals surface area contributed by atoms with Gasteiger partial charge in [-0.05, 0) is 43.7 Å². The van der Waals surface area contributed by atoms with E-state index in [9.17, 15) is 37.5 Å². The minimum atomic E-state index is -4.78. The number of nitrogens with zero attached hydrogens (tertiary/aromatic N) is 2. The molecule has 3 aromatic rings. The summed E-state index contributed by atoms with van der Waals surface area (Å²) in [4.78, 5) is 27.9. The van der Waals surface area contributed by atoms with E-state index in [1.807, 2.05) is 0 Å². The Morgan fingerprint density at radius 3 is 2.53 bits per heavy atom. The lowest BCUT2D eigenvalue weighted by atomic mass is 9.96. The summed E-state index contributed by atoms with van der Waals surface area (Å²) in [6.07, 6.45) is -10.5. The average Bonchev–Trinajstić information content (AvgIpc) is 3.19. The minimum Gasteiger partial charge on any atom is -0.462 e. The number of nitrogen functional groups attached to an aromatic ring is 1. The molecule has 43 heavy (non-hydrogen) atoms. The number of aliphatic hydroxyl groups excluding tert-OH is 2. The van der Waals surface area contributed by atoms with E-state index in [1.54, 1.807) is 44.2 Å². The maximum atomic E-state index is 14.6. The number of esters is 1. The topological polar surface area (TPSA) is 184 Å². The number of carbonyl (C=O) groups is 1. The maximum Gasteiger partial charge on any atom is 0.459 e. The fraction of sp³-hybridized carbons (Fsp3) is 0.423. The summed E-state index contributed by atoms with van der Waals surface area (Å²) in [7, 11) is -4.78. The van der Waals surface area contributed by atoms with Gasteiger partial charge in [0.2, 0.25) is 0 Å². The van der Waals surface area contributed by atoms with Crippen LogP contribution in [0.3, 0.4) is 0 Å². The fourth-order valence-electron chi connectivity index (χ4n) is 4.30. The number of halogens is 3. The van der Waals surface area contributed by atoms with Crippen molar-refractivity contribution in [1.29, 1.82) is 0 Å². The Morgan fingerprint density at radius 2 is 1.88 bits per heavy atom. The molecule has 0 bridgehead atoms. The summed E-state index contributed by atoms with van der Waals surface area (Å²) in [5.41, 5.74) is 0.861. The van der Waals surface area contributed by atoms with E-state index in [-0.39, 0.29) is 5.75 Å². The summed E-state index contributed by atoms with van der Waals surface area (Å²) < 4.78 is 78.7. The largest absolute Gasteiger partial charge is 0.462 e. The van der Waals surface area contributed by atoms with Crippen molar-refractivity contribution in [3.05, 3.63) is 65.0 Å². The molecule has 1 aliphatic heterocycles. The van der Waals surface area contributed by atoms with Crippen LogP contribution in [0, 0.1) is 5.82 Å². The second kappa shape index (κ2) is 12.6. The van der Waals surface area contributed by atoms with Gasteiger partial charge in [0.25, 0.3) is 6.43 Å². The number of hydrogen-bond acceptors (Lipinski definition) is 11. The van der Waals surface area contributed by atoms with Crippen LogP contribution < -0.4 is 21.0 Å². The first-order valence-electron chi connectivity index (χ1n) is 12.9. The summed E-state index contributed by atoms with van der Waals surface area (Å²) in [5, 5.41) is 25.0. The zero-order valence-electron chi connectivity index (χ0n) is 23.1. The predicted octanol–water partition coefficient (Wildman–Crippen LogP) is 2.51. The van der Waals surface area contributed by atoms with Crippen LogP contribution in [0.2, 0.25) is 0 Å². The molecule has 2 aromatic carbocycles. The molecule has 0 spiro atoms. The minimum absolute atomic E-state index is 0.0363. The van der Waals surface area contributed by atoms with Crippen LogP contribution in [-0.4, -0.2) is 68.7 Å². The molecule has 5 N–H and O–H groups in total. The van der Waals surface area contributed by atoms with Crippen molar-refractivity contribution in [2.45, 2.75) is 63.4 Å². The Hall–Kier alpha value is -3.53. The Kier molecular flexibility index (Phi) is 9.49. The molecule has 0 radical (unpaired) electrons. The number of rotatable bonds is 11. The van der Waals surface area contributed by atoms with Crippen molar-refractivity contribution in [2.75, 3.05) is 12.3 Å². The van der Waals surface area contributed by atoms with Gasteiger partial charge in [0.15, 0.2) is 23.5 Å². The monoisotopic (exact) mass is 630 g/mol. The van der Waals surface area contributed by atoms with Gasteiger partial charge in [0.05, 0.1) is 18.9 Å². The third kappa shape index (κ3) is 6.84. The second-order valence-corrected chi connectivity index (χ2v) is 11.8. The summed E-state index contributed by atoms with van der Waals surface area (Å²) >= 11 is 0. The fourth-order valence-corrected chi connectivity index (χ4v) is 5.82. The molecule has 1 fully saturated rings. The number of hydrogen-bond donors (Lipinski definition) is 4. The molecule has 2 heterocycles. The zero-order valence-corrected chi connectivity index (χ0v) is 24.0. The van der Waals surface area contributed by atoms with Crippen LogP contribution in [0.15, 0.2) is 53.5 Å². The molecule has 1 saturated heterocycles. The molecule has 0 unspecified atom stereocenters. The molecule has 1 aromatic heterocycles. The lowest BCUT2D eigenvalue weighted by Crippen LogP contribution is -2.53. The second-order valence-electron chi connectivity index (χ2n) is 10.1. The van der Waals surface area contributed by atoms with Gasteiger partial charge in [0, 0.05) is 0 Å². The lowest BCUT2D eigenvalue weighted by Gasteiger charge is -2.32. The first-order valence-corrected chi connectivity index (χ1v) is 14.5. The number of ether oxygens (including phenoxy) is 2. The van der Waals surface area contributed by atoms with Gasteiger partial charge in [-0.25, -0.2) is 22.5 Å². The molecule has 6 atom stereocenters. The van der Waals surface area contributed by atoms with Gasteiger partial charge in [-0.1, -0.05) is 30.3 Å². The number of nitrogens with one attached hydrogen (secondary N) is 1. The number of fused-ring (bicyclic) bond motifs is 1. The van der Waals surface area contributed by atoms with Crippen LogP contribution in [0.4, 0.5) is 19.0 Å². The number of carbonyl (C=O) groups excluding carboxylic acids is 1. The van der Waals surface area contributed by atoms with E-state index in [1.165, 1.54) is 19.1 Å². The lowest BCUT2D eigenvalue weighted by molar-refractivity contribution is -0.193. The number of aromatic nitrogens is 2. The van der Waals surface area contributed by atoms with Gasteiger partial charge in [-0.15, -0.1) is 0 Å². The zero-order chi connectivity index (χ0) is 31.7. The van der Waals surface area contributed by atoms with Crippen LogP contribution in [0.5, 0.6) is 5.75 Å². The smallest absolute Gasteiger partial charge is 0.459 e. The van der Waals surface area contributed by atoms with E-state index in [4.69, 9.17) is 24.3 Å². The van der Waals surface area contributed by atoms with Crippen molar-refractivity contribution in [2.24, 2.45) is 0 Å². The highest BCUT2D eigenvalue weighted by Crippen LogP contribution is 2.49. The summed E-state index contributed by atoms with van der Waals surface area (Å²) in [6, 6.07) is 10.3. The predicted molar refractivity (Wildman–Crippen MR) is 146 cm³/mol. The third-order valence-corrected chi connectivity index (χ3v) is 8.12. The Morgan fingerprint density at radius 1 is 1.21 bits per heavy atom. The number of anilines is 1. The highest BCUT2D eigenvalue weighted by atomic mass is 31.2. The highest BCUT2D eigenvalue weighted by Gasteiger charge is 2.61. The third-order valence-electron chi connectivity index (χ3n) is 6.50. The molecule has 17 heteroatoms. The Bertz CT molecular complexity index is 1590. The number of benzene rings is 2. The molecule has 0 aliphatic carbocycles. The Labute approximate surface area is 242 Å². The average molecular weight is 631 g/mol. The molecule has 4 rings (SSSR count). The molecular weight excluding hydrogens is 600 g/mol. The molecular formula is C26H30F3N4O9P. The van der Waals surface area contributed by atoms with Gasteiger partial charge < -0.3 is 29.9 Å². The first-order chi connectivity index (χ1) is 20.2. The standard InChI is InChI=1S/C26H30F3N4O9P/c1-13(2)40-23(36)14(3)32-43(38,42-17-9-8-15-6-4-5-7-16(15)10-17)39-12-26(24(28)29)20(35)19(34)22(41-26)33-11-18(27)21(30)31-25(33)37/h4-11,13-14,19-20,22,24,34-35H,12H2,1-3H3,(H,32,38)(H2,30,31,37)/t14-,19+,20-,22+,26+,43-/m0/s1. The highest BCUT2D eigenvalue weighted by molar-refractivity contribution is 7.52. The van der Waals surface area contributed by atoms with Gasteiger partial charge in [-0.2, -0.15) is 10.1 Å². The summed E-state index contributed by atoms with van der Waals surface area (Å²) in [6.45, 7) is 3.02. The van der Waals surface area contributed by atoms with Crippen LogP contribution in [0.1, 0.15) is 27.0 Å². The van der Waals surface area contributed by atoms with Crippen LogP contribution in [-0.2, 0) is 23.4 Å². The summed E-state index contributed by atoms with van der Waals surface area (Å²) in [5.74, 6) is -2.92. The van der Waals surface area contributed by atoms with E-state index >= 15 is 0 Å². The van der Waals surface area contributed by atoms with E-state index in [0.717, 1.165) is 5.39 Å². The normalized spacial score (nSPS) is 24.3. The molecule has 1 aliphatic rings. The Balaban J connectivity index is 1.66. The molecule has 234 valence electrons. The van der Waals surface area contributed by atoms with Crippen molar-refractivity contribution in [3.8, 4) is 5.75 Å². The quantitative estimate of drug-likeness (QED) is 0.180. The van der Waals surface area contributed by atoms with Crippen molar-refractivity contribution < 1.29 is 51.3 Å². The van der Waals surface area contributed by atoms with Crippen molar-refractivity contribution >= 4 is 30.3 Å². The molecule has 0 amide bonds. The van der Waals surface area contributed by atoms with Crippen LogP contribution >= 0.6 is 7.75 Å². The van der Waals surface area contributed by atoms with Gasteiger partial charge in [0.1, 0.15) is 24.0 Å². The van der Waals surface area contributed by atoms with Gasteiger partial charge >= 0.3 is 19.4 Å². The molecule has 13 nitrogen and oxygen atoms in total. The van der Waals surface area contributed by atoms with E-state index in [0.29, 0.717) is 16.2 Å². The van der Waals surface area contributed by atoms with Crippen LogP contribution in [0.25, 0.3) is 10.8 Å². The molecule has 0 saturated carbocycles. The van der Waals surface area contributed by atoms with Gasteiger partial charge in [-0.3, -0.25) is 13.9 Å². The maximum absolute atomic E-state index is 14.6. The number of aliphatic hydroxyl groups is 2. The van der Waals surface area contributed by atoms with E-state index < -0.39 is 80.3 Å². The number of alkyl halides is 2. The number of nitrogens with two attached hydrogens (primary N) is 1. The SMILES string of the molecule is CC(C)OC(=O)[C@H](C)N[P@](=O)(OC[C@@]1(C(F)F)O[C@@H](n2cc(F)c(N)nc2=O)[C@H](O)[C@@H]1O)Oc1ccc2ccccc2c1.